The Bertz CT molecular complexity index is 891. The van der Waals surface area contributed by atoms with Gasteiger partial charge in [-0.3, -0.25) is 4.79 Å². The van der Waals surface area contributed by atoms with E-state index in [1.54, 1.807) is 13.0 Å². The highest BCUT2D eigenvalue weighted by molar-refractivity contribution is 5.98. The number of hydrogen-bond acceptors (Lipinski definition) is 9. The minimum absolute atomic E-state index is 0.0525. The van der Waals surface area contributed by atoms with Crippen LogP contribution in [-0.4, -0.2) is 61.1 Å². The molecular formula is C23H32N2O8. The van der Waals surface area contributed by atoms with Crippen LogP contribution in [0, 0.1) is 0 Å². The third kappa shape index (κ3) is 7.74. The lowest BCUT2D eigenvalue weighted by Gasteiger charge is -2.21. The van der Waals surface area contributed by atoms with Crippen LogP contribution in [0.3, 0.4) is 0 Å². The van der Waals surface area contributed by atoms with E-state index in [2.05, 4.69) is 10.3 Å². The van der Waals surface area contributed by atoms with E-state index in [1.165, 1.54) is 19.4 Å². The predicted octanol–water partition coefficient (Wildman–Crippen LogP) is 2.56. The van der Waals surface area contributed by atoms with Gasteiger partial charge in [-0.15, -0.1) is 0 Å². The van der Waals surface area contributed by atoms with Crippen molar-refractivity contribution in [2.45, 2.75) is 65.2 Å². The largest absolute Gasteiger partial charge is 0.493 e. The number of esters is 2. The number of carbonyl (C=O) groups is 3. The van der Waals surface area contributed by atoms with E-state index in [1.807, 2.05) is 27.7 Å². The lowest BCUT2D eigenvalue weighted by Crippen LogP contribution is -2.46. The van der Waals surface area contributed by atoms with E-state index < -0.39 is 35.6 Å². The van der Waals surface area contributed by atoms with E-state index in [9.17, 15) is 14.4 Å². The van der Waals surface area contributed by atoms with Crippen molar-refractivity contribution < 1.29 is 38.1 Å². The molecule has 0 spiro atoms. The van der Waals surface area contributed by atoms with Gasteiger partial charge in [0.05, 0.1) is 12.7 Å². The first-order valence-corrected chi connectivity index (χ1v) is 10.7. The number of amides is 1. The maximum absolute atomic E-state index is 13.0. The Hall–Kier alpha value is -3.14. The van der Waals surface area contributed by atoms with Crippen molar-refractivity contribution in [1.29, 1.82) is 0 Å². The SMILES string of the molecule is CC/C=C1\C[C@H](C)OC(=O)[C@@H](NC(=O)c2nccc(OC)c2OCOC(C)(C)C)COC1=O. The monoisotopic (exact) mass is 464 g/mol. The van der Waals surface area contributed by atoms with E-state index in [4.69, 9.17) is 23.7 Å². The van der Waals surface area contributed by atoms with Crippen LogP contribution in [0.15, 0.2) is 23.9 Å². The van der Waals surface area contributed by atoms with E-state index in [-0.39, 0.29) is 37.0 Å². The molecule has 2 heterocycles. The quantitative estimate of drug-likeness (QED) is 0.368. The molecule has 1 N–H and O–H groups in total. The lowest BCUT2D eigenvalue weighted by atomic mass is 10.1. The number of nitrogens with one attached hydrogen (secondary N) is 1. The predicted molar refractivity (Wildman–Crippen MR) is 118 cm³/mol. The van der Waals surface area contributed by atoms with Crippen LogP contribution in [0.2, 0.25) is 0 Å². The topological polar surface area (TPSA) is 122 Å². The molecule has 2 rings (SSSR count). The molecule has 0 radical (unpaired) electrons. The summed E-state index contributed by atoms with van der Waals surface area (Å²) in [5, 5.41) is 2.52. The molecule has 2 atom stereocenters. The third-order valence-corrected chi connectivity index (χ3v) is 4.51. The maximum Gasteiger partial charge on any atom is 0.333 e. The smallest absolute Gasteiger partial charge is 0.333 e. The van der Waals surface area contributed by atoms with Crippen LogP contribution in [0.1, 0.15) is 57.9 Å². The fourth-order valence-corrected chi connectivity index (χ4v) is 2.93. The summed E-state index contributed by atoms with van der Waals surface area (Å²) in [6, 6.07) is 0.305. The summed E-state index contributed by atoms with van der Waals surface area (Å²) in [7, 11) is 1.42. The first-order chi connectivity index (χ1) is 15.6. The van der Waals surface area contributed by atoms with Gasteiger partial charge in [0.1, 0.15) is 12.7 Å². The molecule has 1 fully saturated rings. The van der Waals surface area contributed by atoms with Crippen molar-refractivity contribution in [3.63, 3.8) is 0 Å². The number of carbonyl (C=O) groups excluding carboxylic acids is 3. The van der Waals surface area contributed by atoms with Gasteiger partial charge in [0, 0.05) is 24.3 Å². The summed E-state index contributed by atoms with van der Waals surface area (Å²) >= 11 is 0. The Kier molecular flexibility index (Phi) is 9.22. The van der Waals surface area contributed by atoms with Crippen LogP contribution in [-0.2, 0) is 23.8 Å². The Balaban J connectivity index is 2.22. The molecule has 33 heavy (non-hydrogen) atoms. The van der Waals surface area contributed by atoms with Crippen LogP contribution < -0.4 is 14.8 Å². The lowest BCUT2D eigenvalue weighted by molar-refractivity contribution is -0.152. The average molecular weight is 465 g/mol. The van der Waals surface area contributed by atoms with Gasteiger partial charge in [-0.2, -0.15) is 0 Å². The van der Waals surface area contributed by atoms with Gasteiger partial charge in [-0.05, 0) is 34.1 Å². The number of pyridine rings is 1. The first kappa shape index (κ1) is 26.1. The number of ether oxygens (including phenoxy) is 5. The number of rotatable bonds is 7. The molecule has 1 aromatic heterocycles. The number of nitrogens with zero attached hydrogens (tertiary/aromatic N) is 1. The van der Waals surface area contributed by atoms with Crippen molar-refractivity contribution in [2.24, 2.45) is 0 Å². The highest BCUT2D eigenvalue weighted by Crippen LogP contribution is 2.30. The first-order valence-electron chi connectivity index (χ1n) is 10.7. The third-order valence-electron chi connectivity index (χ3n) is 4.51. The number of hydrogen-bond donors (Lipinski definition) is 1. The van der Waals surface area contributed by atoms with Gasteiger partial charge in [-0.25, -0.2) is 14.6 Å². The fraction of sp³-hybridized carbons (Fsp3) is 0.565. The van der Waals surface area contributed by atoms with E-state index in [0.717, 1.165) is 0 Å². The second-order valence-electron chi connectivity index (χ2n) is 8.42. The van der Waals surface area contributed by atoms with Crippen molar-refractivity contribution in [3.8, 4) is 11.5 Å². The minimum Gasteiger partial charge on any atom is -0.493 e. The molecule has 0 aliphatic carbocycles. The summed E-state index contributed by atoms with van der Waals surface area (Å²) < 4.78 is 27.1. The molecule has 1 aliphatic heterocycles. The Morgan fingerprint density at radius 3 is 2.70 bits per heavy atom. The Morgan fingerprint density at radius 2 is 2.06 bits per heavy atom. The van der Waals surface area contributed by atoms with Gasteiger partial charge in [0.2, 0.25) is 0 Å². The number of cyclic esters (lactones) is 2. The molecule has 182 valence electrons. The van der Waals surface area contributed by atoms with Gasteiger partial charge in [0.25, 0.3) is 5.91 Å². The van der Waals surface area contributed by atoms with Crippen LogP contribution in [0.5, 0.6) is 11.5 Å². The number of aromatic nitrogens is 1. The molecule has 0 unspecified atom stereocenters. The van der Waals surface area contributed by atoms with Crippen molar-refractivity contribution >= 4 is 17.8 Å². The highest BCUT2D eigenvalue weighted by Gasteiger charge is 2.31. The summed E-state index contributed by atoms with van der Waals surface area (Å²) in [5.74, 6) is -1.68. The fourth-order valence-electron chi connectivity index (χ4n) is 2.93. The second kappa shape index (κ2) is 11.6. The van der Waals surface area contributed by atoms with Gasteiger partial charge in [0.15, 0.2) is 30.0 Å². The summed E-state index contributed by atoms with van der Waals surface area (Å²) in [4.78, 5) is 42.1. The normalized spacial score (nSPS) is 20.7. The van der Waals surface area contributed by atoms with Crippen LogP contribution >= 0.6 is 0 Å². The molecular weight excluding hydrogens is 432 g/mol. The zero-order chi connectivity index (χ0) is 24.6. The average Bonchev–Trinajstić information content (AvgIpc) is 2.78. The summed E-state index contributed by atoms with van der Waals surface area (Å²) in [6.07, 6.45) is 3.39. The molecule has 1 amide bonds. The standard InChI is InChI=1S/C23H32N2O8/c1-7-8-15-11-14(2)33-22(28)16(12-30-21(15)27)25-20(26)18-19(17(29-6)9-10-24-18)31-13-32-23(3,4)5/h8-10,14,16H,7,11-13H2,1-6H3,(H,25,26)/b15-8+/t14-,16-/m0/s1. The second-order valence-corrected chi connectivity index (χ2v) is 8.42. The van der Waals surface area contributed by atoms with Crippen molar-refractivity contribution in [2.75, 3.05) is 20.5 Å². The molecule has 0 saturated carbocycles. The van der Waals surface area contributed by atoms with E-state index in [0.29, 0.717) is 12.0 Å². The van der Waals surface area contributed by atoms with Gasteiger partial charge >= 0.3 is 11.9 Å². The highest BCUT2D eigenvalue weighted by atomic mass is 16.7. The molecule has 10 nitrogen and oxygen atoms in total. The van der Waals surface area contributed by atoms with Crippen molar-refractivity contribution in [1.82, 2.24) is 10.3 Å². The Morgan fingerprint density at radius 1 is 1.33 bits per heavy atom. The molecule has 10 heteroatoms. The zero-order valence-electron chi connectivity index (χ0n) is 19.9. The van der Waals surface area contributed by atoms with E-state index >= 15 is 0 Å². The van der Waals surface area contributed by atoms with Crippen LogP contribution in [0.4, 0.5) is 0 Å². The van der Waals surface area contributed by atoms with Crippen molar-refractivity contribution in [3.05, 3.63) is 29.6 Å². The summed E-state index contributed by atoms with van der Waals surface area (Å²) in [6.45, 7) is 8.59. The minimum atomic E-state index is -1.23. The summed E-state index contributed by atoms with van der Waals surface area (Å²) in [5.41, 5.74) is -0.163. The molecule has 0 aromatic carbocycles. The number of methoxy groups -OCH3 is 1. The maximum atomic E-state index is 13.0. The van der Waals surface area contributed by atoms with Gasteiger partial charge in [-0.1, -0.05) is 13.0 Å². The molecule has 1 aromatic rings. The molecule has 0 bridgehead atoms. The zero-order valence-corrected chi connectivity index (χ0v) is 19.9. The van der Waals surface area contributed by atoms with Crippen LogP contribution in [0.25, 0.3) is 0 Å². The molecule has 1 saturated heterocycles. The molecule has 1 aliphatic rings. The Labute approximate surface area is 193 Å². The van der Waals surface area contributed by atoms with Gasteiger partial charge < -0.3 is 29.0 Å². The number of allylic oxidation sites excluding steroid dienone is 1.